The Morgan fingerprint density at radius 2 is 1.64 bits per heavy atom. The van der Waals surface area contributed by atoms with Crippen LogP contribution >= 0.6 is 0 Å². The first-order valence-corrected chi connectivity index (χ1v) is 5.52. The van der Waals surface area contributed by atoms with E-state index in [-0.39, 0.29) is 23.0 Å². The minimum atomic E-state index is -0.545. The Morgan fingerprint density at radius 3 is 2.36 bits per heavy atom. The van der Waals surface area contributed by atoms with Gasteiger partial charge in [0.05, 0.1) is 5.92 Å². The summed E-state index contributed by atoms with van der Waals surface area (Å²) in [6.45, 7) is 0. The van der Waals surface area contributed by atoms with Crippen LogP contribution in [0.25, 0.3) is 0 Å². The van der Waals surface area contributed by atoms with Crippen molar-refractivity contribution in [2.75, 3.05) is 0 Å². The van der Waals surface area contributed by atoms with Crippen LogP contribution in [-0.4, -0.2) is 11.1 Å². The second kappa shape index (κ2) is 5.18. The van der Waals surface area contributed by atoms with Gasteiger partial charge >= 0.3 is 5.97 Å². The van der Waals surface area contributed by atoms with E-state index in [1.54, 1.807) is 0 Å². The van der Waals surface area contributed by atoms with E-state index in [1.807, 2.05) is 0 Å². The molecule has 2 rings (SSSR count). The zero-order chi connectivity index (χ0) is 9.26. The van der Waals surface area contributed by atoms with Gasteiger partial charge in [0, 0.05) is 17.1 Å². The number of hydrogen-bond donors (Lipinski definition) is 1. The van der Waals surface area contributed by atoms with Crippen LogP contribution in [0.4, 0.5) is 0 Å². The van der Waals surface area contributed by atoms with Gasteiger partial charge in [0.2, 0.25) is 0 Å². The first-order valence-electron chi connectivity index (χ1n) is 5.52. The second-order valence-corrected chi connectivity index (χ2v) is 4.58. The SMILES string of the molecule is O=C(O)C1CCCC2CCCCC21.[Mn]. The molecule has 3 heteroatoms. The third-order valence-electron chi connectivity index (χ3n) is 3.89. The number of fused-ring (bicyclic) bond motifs is 1. The Kier molecular flexibility index (Phi) is 4.46. The molecule has 0 aromatic carbocycles. The summed E-state index contributed by atoms with van der Waals surface area (Å²) in [4.78, 5) is 11.0. The monoisotopic (exact) mass is 237 g/mol. The second-order valence-electron chi connectivity index (χ2n) is 4.58. The molecular formula is C11H18MnO2. The summed E-state index contributed by atoms with van der Waals surface area (Å²) in [6, 6.07) is 0. The van der Waals surface area contributed by atoms with E-state index in [2.05, 4.69) is 0 Å². The molecule has 0 aliphatic heterocycles. The number of carbonyl (C=O) groups is 1. The molecular weight excluding hydrogens is 219 g/mol. The molecule has 0 amide bonds. The van der Waals surface area contributed by atoms with E-state index < -0.39 is 5.97 Å². The molecule has 2 fully saturated rings. The van der Waals surface area contributed by atoms with Crippen molar-refractivity contribution < 1.29 is 27.0 Å². The quantitative estimate of drug-likeness (QED) is 0.712. The van der Waals surface area contributed by atoms with Crippen LogP contribution in [0, 0.1) is 17.8 Å². The number of carboxylic acids is 1. The van der Waals surface area contributed by atoms with Crippen LogP contribution in [0.3, 0.4) is 0 Å². The molecule has 0 aromatic rings. The van der Waals surface area contributed by atoms with Crippen LogP contribution in [0.2, 0.25) is 0 Å². The van der Waals surface area contributed by atoms with Gasteiger partial charge in [-0.25, -0.2) is 0 Å². The van der Waals surface area contributed by atoms with Crippen LogP contribution in [0.1, 0.15) is 44.9 Å². The number of hydrogen-bond acceptors (Lipinski definition) is 1. The van der Waals surface area contributed by atoms with Crippen LogP contribution < -0.4 is 0 Å². The molecule has 81 valence electrons. The van der Waals surface area contributed by atoms with E-state index in [0.717, 1.165) is 18.8 Å². The fraction of sp³-hybridized carbons (Fsp3) is 0.909. The summed E-state index contributed by atoms with van der Waals surface area (Å²) < 4.78 is 0. The molecule has 1 radical (unpaired) electrons. The van der Waals surface area contributed by atoms with Gasteiger partial charge in [0.1, 0.15) is 0 Å². The van der Waals surface area contributed by atoms with Crippen LogP contribution in [-0.2, 0) is 21.9 Å². The molecule has 0 spiro atoms. The standard InChI is InChI=1S/C11H18O2.Mn/c12-11(13)10-7-3-5-8-4-1-2-6-9(8)10;/h8-10H,1-7H2,(H,12,13);. The first kappa shape index (κ1) is 12.1. The van der Waals surface area contributed by atoms with Crippen molar-refractivity contribution in [1.82, 2.24) is 0 Å². The fourth-order valence-corrected chi connectivity index (χ4v) is 3.25. The van der Waals surface area contributed by atoms with Crippen molar-refractivity contribution in [2.24, 2.45) is 17.8 Å². The predicted molar refractivity (Wildman–Crippen MR) is 50.4 cm³/mol. The molecule has 2 saturated carbocycles. The van der Waals surface area contributed by atoms with Crippen molar-refractivity contribution in [3.63, 3.8) is 0 Å². The summed E-state index contributed by atoms with van der Waals surface area (Å²) in [5.41, 5.74) is 0. The summed E-state index contributed by atoms with van der Waals surface area (Å²) in [7, 11) is 0. The van der Waals surface area contributed by atoms with E-state index in [1.165, 1.54) is 32.1 Å². The fourth-order valence-electron chi connectivity index (χ4n) is 3.25. The molecule has 3 atom stereocenters. The van der Waals surface area contributed by atoms with Gasteiger partial charge in [-0.2, -0.15) is 0 Å². The Bertz CT molecular complexity index is 203. The van der Waals surface area contributed by atoms with Gasteiger partial charge in [-0.1, -0.05) is 32.1 Å². The van der Waals surface area contributed by atoms with Crippen molar-refractivity contribution in [1.29, 1.82) is 0 Å². The van der Waals surface area contributed by atoms with E-state index in [9.17, 15) is 4.79 Å². The Balaban J connectivity index is 0.000000980. The number of aliphatic carboxylic acids is 1. The number of carboxylic acid groups (broad SMARTS) is 1. The summed E-state index contributed by atoms with van der Waals surface area (Å²) in [5, 5.41) is 9.08. The first-order chi connectivity index (χ1) is 6.29. The molecule has 3 unspecified atom stereocenters. The maximum Gasteiger partial charge on any atom is 0.306 e. The Morgan fingerprint density at radius 1 is 1.00 bits per heavy atom. The Labute approximate surface area is 95.9 Å². The van der Waals surface area contributed by atoms with Gasteiger partial charge in [-0.3, -0.25) is 4.79 Å². The topological polar surface area (TPSA) is 37.3 Å². The summed E-state index contributed by atoms with van der Waals surface area (Å²) >= 11 is 0. The van der Waals surface area contributed by atoms with Crippen molar-refractivity contribution in [3.05, 3.63) is 0 Å². The summed E-state index contributed by atoms with van der Waals surface area (Å²) in [6.07, 6.45) is 8.39. The molecule has 0 bridgehead atoms. The van der Waals surface area contributed by atoms with Gasteiger partial charge in [-0.15, -0.1) is 0 Å². The molecule has 2 aliphatic carbocycles. The van der Waals surface area contributed by atoms with E-state index in [4.69, 9.17) is 5.11 Å². The maximum absolute atomic E-state index is 11.0. The normalized spacial score (nSPS) is 36.7. The van der Waals surface area contributed by atoms with Crippen LogP contribution in [0.5, 0.6) is 0 Å². The van der Waals surface area contributed by atoms with Crippen molar-refractivity contribution in [2.45, 2.75) is 44.9 Å². The van der Waals surface area contributed by atoms with Gasteiger partial charge in [-0.05, 0) is 24.7 Å². The van der Waals surface area contributed by atoms with E-state index >= 15 is 0 Å². The van der Waals surface area contributed by atoms with Crippen molar-refractivity contribution in [3.8, 4) is 0 Å². The third-order valence-corrected chi connectivity index (χ3v) is 3.89. The zero-order valence-corrected chi connectivity index (χ0v) is 9.60. The van der Waals surface area contributed by atoms with Crippen LogP contribution in [0.15, 0.2) is 0 Å². The molecule has 2 aliphatic rings. The minimum Gasteiger partial charge on any atom is -0.481 e. The molecule has 0 aromatic heterocycles. The molecule has 0 saturated heterocycles. The molecule has 14 heavy (non-hydrogen) atoms. The predicted octanol–water partition coefficient (Wildman–Crippen LogP) is 2.68. The number of rotatable bonds is 1. The van der Waals surface area contributed by atoms with Crippen molar-refractivity contribution >= 4 is 5.97 Å². The maximum atomic E-state index is 11.0. The average Bonchev–Trinajstić information content (AvgIpc) is 2.17. The van der Waals surface area contributed by atoms with Gasteiger partial charge < -0.3 is 5.11 Å². The largest absolute Gasteiger partial charge is 0.481 e. The zero-order valence-electron chi connectivity index (χ0n) is 8.42. The molecule has 0 heterocycles. The van der Waals surface area contributed by atoms with Gasteiger partial charge in [0.25, 0.3) is 0 Å². The molecule has 1 N–H and O–H groups in total. The van der Waals surface area contributed by atoms with Gasteiger partial charge in [0.15, 0.2) is 0 Å². The molecule has 2 nitrogen and oxygen atoms in total. The third kappa shape index (κ3) is 2.32. The van der Waals surface area contributed by atoms with E-state index in [0.29, 0.717) is 5.92 Å². The average molecular weight is 237 g/mol. The minimum absolute atomic E-state index is 0. The Hall–Kier alpha value is -0.0105. The smallest absolute Gasteiger partial charge is 0.306 e. The summed E-state index contributed by atoms with van der Waals surface area (Å²) in [5.74, 6) is 0.694.